The number of aryl methyl sites for hydroxylation is 3. The molecular weight excluding hydrogens is 418 g/mol. The molecule has 1 saturated carbocycles. The molecule has 0 unspecified atom stereocenters. The molecule has 4 nitrogen and oxygen atoms in total. The second-order valence-electron chi connectivity index (χ2n) is 8.86. The zero-order valence-corrected chi connectivity index (χ0v) is 20.0. The Balaban J connectivity index is 1.68. The molecule has 32 heavy (non-hydrogen) atoms. The highest BCUT2D eigenvalue weighted by molar-refractivity contribution is 7.17. The smallest absolute Gasteiger partial charge is 0.342 e. The van der Waals surface area contributed by atoms with Crippen molar-refractivity contribution in [3.63, 3.8) is 0 Å². The number of thiophene rings is 1. The number of ether oxygens (including phenoxy) is 1. The summed E-state index contributed by atoms with van der Waals surface area (Å²) in [6.07, 6.45) is 0.583. The summed E-state index contributed by atoms with van der Waals surface area (Å²) in [5.74, 6) is -0.267. The van der Waals surface area contributed by atoms with Crippen LogP contribution in [-0.2, 0) is 9.53 Å². The highest BCUT2D eigenvalue weighted by atomic mass is 32.1. The van der Waals surface area contributed by atoms with Crippen molar-refractivity contribution < 1.29 is 14.3 Å². The van der Waals surface area contributed by atoms with E-state index in [0.717, 1.165) is 33.6 Å². The van der Waals surface area contributed by atoms with Crippen molar-refractivity contribution in [3.8, 4) is 11.1 Å². The van der Waals surface area contributed by atoms with Gasteiger partial charge in [0.15, 0.2) is 0 Å². The molecule has 5 heteroatoms. The molecule has 1 aliphatic rings. The maximum atomic E-state index is 13.2. The Bertz CT molecular complexity index is 1160. The molecule has 0 spiro atoms. The lowest BCUT2D eigenvalue weighted by molar-refractivity contribution is -0.117. The lowest BCUT2D eigenvalue weighted by Gasteiger charge is -2.13. The van der Waals surface area contributed by atoms with Crippen molar-refractivity contribution in [2.45, 2.75) is 53.1 Å². The van der Waals surface area contributed by atoms with Crippen molar-refractivity contribution in [3.05, 3.63) is 75.7 Å². The van der Waals surface area contributed by atoms with Crippen molar-refractivity contribution in [1.29, 1.82) is 0 Å². The highest BCUT2D eigenvalue weighted by Gasteiger charge is 2.44. The average molecular weight is 448 g/mol. The summed E-state index contributed by atoms with van der Waals surface area (Å²) in [6.45, 7) is 9.74. The molecule has 4 rings (SSSR count). The van der Waals surface area contributed by atoms with Crippen LogP contribution < -0.4 is 5.32 Å². The predicted octanol–water partition coefficient (Wildman–Crippen LogP) is 6.65. The molecule has 166 valence electrons. The van der Waals surface area contributed by atoms with Gasteiger partial charge < -0.3 is 10.1 Å². The van der Waals surface area contributed by atoms with E-state index in [9.17, 15) is 9.59 Å². The quantitative estimate of drug-likeness (QED) is 0.431. The SMILES string of the molecule is Cc1ccc(C)c(-c2c(C)sc(NC(=O)[C@H]3C[C@@H]3c3ccccc3)c2C(=O)OC(C)C)c1. The van der Waals surface area contributed by atoms with E-state index in [2.05, 4.69) is 35.6 Å². The number of hydrogen-bond acceptors (Lipinski definition) is 4. The molecular formula is C27H29NO3S. The molecule has 3 aromatic rings. The molecule has 0 bridgehead atoms. The molecule has 1 fully saturated rings. The number of rotatable bonds is 6. The topological polar surface area (TPSA) is 55.4 Å². The van der Waals surface area contributed by atoms with Crippen LogP contribution in [0.5, 0.6) is 0 Å². The molecule has 0 saturated heterocycles. The molecule has 2 aromatic carbocycles. The standard InChI is InChI=1S/C27H29NO3S/c1-15(2)31-27(30)24-23(20-13-16(3)11-12-17(20)4)18(5)32-26(24)28-25(29)22-14-21(22)19-9-7-6-8-10-19/h6-13,15,21-22H,14H2,1-5H3,(H,28,29)/t21-,22+/m1/s1. The van der Waals surface area contributed by atoms with E-state index in [1.807, 2.05) is 52.8 Å². The first-order valence-electron chi connectivity index (χ1n) is 11.0. The Morgan fingerprint density at radius 1 is 1.06 bits per heavy atom. The number of hydrogen-bond donors (Lipinski definition) is 1. The van der Waals surface area contributed by atoms with E-state index in [0.29, 0.717) is 10.6 Å². The van der Waals surface area contributed by atoms with Gasteiger partial charge in [0.05, 0.1) is 6.10 Å². The Morgan fingerprint density at radius 3 is 2.47 bits per heavy atom. The van der Waals surface area contributed by atoms with E-state index in [-0.39, 0.29) is 23.8 Å². The van der Waals surface area contributed by atoms with Crippen molar-refractivity contribution in [2.75, 3.05) is 5.32 Å². The number of anilines is 1. The number of benzene rings is 2. The van der Waals surface area contributed by atoms with Gasteiger partial charge in [-0.25, -0.2) is 4.79 Å². The fourth-order valence-electron chi connectivity index (χ4n) is 4.19. The molecule has 1 aromatic heterocycles. The number of carbonyl (C=O) groups is 2. The van der Waals surface area contributed by atoms with Crippen LogP contribution in [0.4, 0.5) is 5.00 Å². The monoisotopic (exact) mass is 447 g/mol. The normalized spacial score (nSPS) is 17.3. The van der Waals surface area contributed by atoms with Crippen LogP contribution in [0.25, 0.3) is 11.1 Å². The van der Waals surface area contributed by atoms with Crippen LogP contribution >= 0.6 is 11.3 Å². The lowest BCUT2D eigenvalue weighted by atomic mass is 9.95. The van der Waals surface area contributed by atoms with Crippen LogP contribution in [0.3, 0.4) is 0 Å². The second-order valence-corrected chi connectivity index (χ2v) is 10.1. The third kappa shape index (κ3) is 4.49. The van der Waals surface area contributed by atoms with Crippen molar-refractivity contribution >= 4 is 28.2 Å². The second kappa shape index (κ2) is 8.91. The fourth-order valence-corrected chi connectivity index (χ4v) is 5.25. The molecule has 0 radical (unpaired) electrons. The lowest BCUT2D eigenvalue weighted by Crippen LogP contribution is -2.18. The molecule has 1 heterocycles. The summed E-state index contributed by atoms with van der Waals surface area (Å²) in [4.78, 5) is 27.2. The Hall–Kier alpha value is -2.92. The van der Waals surface area contributed by atoms with Gasteiger partial charge in [0.25, 0.3) is 0 Å². The van der Waals surface area contributed by atoms with E-state index in [1.165, 1.54) is 16.9 Å². The summed E-state index contributed by atoms with van der Waals surface area (Å²) in [6, 6.07) is 16.3. The fraction of sp³-hybridized carbons (Fsp3) is 0.333. The largest absolute Gasteiger partial charge is 0.459 e. The predicted molar refractivity (Wildman–Crippen MR) is 130 cm³/mol. The minimum Gasteiger partial charge on any atom is -0.459 e. The summed E-state index contributed by atoms with van der Waals surface area (Å²) < 4.78 is 5.59. The van der Waals surface area contributed by atoms with Crippen LogP contribution in [0, 0.1) is 26.7 Å². The average Bonchev–Trinajstić information content (AvgIpc) is 3.48. The van der Waals surface area contributed by atoms with E-state index in [1.54, 1.807) is 0 Å². The molecule has 0 aliphatic heterocycles. The number of nitrogens with one attached hydrogen (secondary N) is 1. The van der Waals surface area contributed by atoms with E-state index >= 15 is 0 Å². The Morgan fingerprint density at radius 2 is 1.78 bits per heavy atom. The molecule has 2 atom stereocenters. The maximum absolute atomic E-state index is 13.2. The summed E-state index contributed by atoms with van der Waals surface area (Å²) >= 11 is 1.44. The summed E-state index contributed by atoms with van der Waals surface area (Å²) in [5.41, 5.74) is 5.70. The molecule has 1 amide bonds. The third-order valence-corrected chi connectivity index (χ3v) is 6.91. The van der Waals surface area contributed by atoms with Gasteiger partial charge in [-0.3, -0.25) is 4.79 Å². The first kappa shape index (κ1) is 22.3. The third-order valence-electron chi connectivity index (χ3n) is 5.89. The zero-order chi connectivity index (χ0) is 23.0. The van der Waals surface area contributed by atoms with E-state index in [4.69, 9.17) is 4.74 Å². The number of amides is 1. The Labute approximate surface area is 193 Å². The van der Waals surface area contributed by atoms with Gasteiger partial charge in [-0.15, -0.1) is 11.3 Å². The van der Waals surface area contributed by atoms with Crippen LogP contribution in [0.2, 0.25) is 0 Å². The van der Waals surface area contributed by atoms with Crippen LogP contribution in [-0.4, -0.2) is 18.0 Å². The molecule has 1 aliphatic carbocycles. The van der Waals surface area contributed by atoms with Gasteiger partial charge >= 0.3 is 5.97 Å². The number of carbonyl (C=O) groups excluding carboxylic acids is 2. The minimum atomic E-state index is -0.397. The van der Waals surface area contributed by atoms with Gasteiger partial charge in [-0.1, -0.05) is 54.1 Å². The first-order valence-corrected chi connectivity index (χ1v) is 11.9. The Kier molecular flexibility index (Phi) is 6.20. The maximum Gasteiger partial charge on any atom is 0.342 e. The van der Waals surface area contributed by atoms with Crippen LogP contribution in [0.1, 0.15) is 58.1 Å². The van der Waals surface area contributed by atoms with Crippen molar-refractivity contribution in [1.82, 2.24) is 0 Å². The van der Waals surface area contributed by atoms with Crippen LogP contribution in [0.15, 0.2) is 48.5 Å². The van der Waals surface area contributed by atoms with Gasteiger partial charge in [-0.2, -0.15) is 0 Å². The van der Waals surface area contributed by atoms with Gasteiger partial charge in [0.1, 0.15) is 10.6 Å². The van der Waals surface area contributed by atoms with Gasteiger partial charge in [0.2, 0.25) is 5.91 Å². The first-order chi connectivity index (χ1) is 15.3. The number of esters is 1. The molecule has 1 N–H and O–H groups in total. The minimum absolute atomic E-state index is 0.0359. The van der Waals surface area contributed by atoms with E-state index < -0.39 is 5.97 Å². The van der Waals surface area contributed by atoms with Gasteiger partial charge in [-0.05, 0) is 63.6 Å². The van der Waals surface area contributed by atoms with Gasteiger partial charge in [0, 0.05) is 16.4 Å². The van der Waals surface area contributed by atoms with Crippen molar-refractivity contribution in [2.24, 2.45) is 5.92 Å². The zero-order valence-electron chi connectivity index (χ0n) is 19.2. The highest BCUT2D eigenvalue weighted by Crippen LogP contribution is 2.49. The summed E-state index contributed by atoms with van der Waals surface area (Å²) in [5, 5.41) is 3.65. The summed E-state index contributed by atoms with van der Waals surface area (Å²) in [7, 11) is 0.